The fraction of sp³-hybridized carbons (Fsp3) is 0.360. The highest BCUT2D eigenvalue weighted by Gasteiger charge is 2.51. The number of pyridine rings is 1. The summed E-state index contributed by atoms with van der Waals surface area (Å²) >= 11 is 0. The SMILES string of the molecule is CC=Nc1c(NC2(C(=O)Nc3cncc(-c4cnc(C)c(C(F)(F)F)c4)n3)CC2)c(=O)n(CC(C)=O)c(=O)n1C. The van der Waals surface area contributed by atoms with Gasteiger partial charge in [0.15, 0.2) is 11.6 Å². The molecule has 3 aromatic rings. The van der Waals surface area contributed by atoms with Crippen LogP contribution in [0.5, 0.6) is 0 Å². The smallest absolute Gasteiger partial charge is 0.364 e. The van der Waals surface area contributed by atoms with Crippen LogP contribution in [-0.4, -0.2) is 47.5 Å². The van der Waals surface area contributed by atoms with E-state index >= 15 is 0 Å². The molecule has 0 saturated heterocycles. The zero-order valence-corrected chi connectivity index (χ0v) is 22.0. The van der Waals surface area contributed by atoms with E-state index in [9.17, 15) is 32.3 Å². The number of anilines is 2. The average molecular weight is 559 g/mol. The Hall–Kier alpha value is -4.69. The number of ketones is 1. The van der Waals surface area contributed by atoms with Gasteiger partial charge in [0.2, 0.25) is 0 Å². The Balaban J connectivity index is 1.65. The third-order valence-corrected chi connectivity index (χ3v) is 6.26. The predicted octanol–water partition coefficient (Wildman–Crippen LogP) is 2.62. The van der Waals surface area contributed by atoms with E-state index in [0.717, 1.165) is 15.2 Å². The molecule has 210 valence electrons. The van der Waals surface area contributed by atoms with Gasteiger partial charge in [-0.25, -0.2) is 14.8 Å². The normalized spacial score (nSPS) is 14.3. The van der Waals surface area contributed by atoms with Crippen LogP contribution in [0.4, 0.5) is 30.5 Å². The van der Waals surface area contributed by atoms with Crippen LogP contribution < -0.4 is 21.9 Å². The number of nitrogens with zero attached hydrogens (tertiary/aromatic N) is 6. The summed E-state index contributed by atoms with van der Waals surface area (Å²) < 4.78 is 41.9. The number of hydrogen-bond donors (Lipinski definition) is 2. The number of Topliss-reactive ketones (excluding diaryl/α,β-unsaturated/α-hetero) is 1. The van der Waals surface area contributed by atoms with Gasteiger partial charge in [0.25, 0.3) is 11.5 Å². The summed E-state index contributed by atoms with van der Waals surface area (Å²) in [5.41, 5.74) is -3.96. The van der Waals surface area contributed by atoms with Crippen molar-refractivity contribution in [2.24, 2.45) is 12.0 Å². The highest BCUT2D eigenvalue weighted by atomic mass is 19.4. The van der Waals surface area contributed by atoms with Crippen LogP contribution in [0.2, 0.25) is 0 Å². The molecule has 0 unspecified atom stereocenters. The van der Waals surface area contributed by atoms with Crippen molar-refractivity contribution < 1.29 is 22.8 Å². The number of nitrogens with one attached hydrogen (secondary N) is 2. The molecule has 1 aliphatic carbocycles. The molecule has 40 heavy (non-hydrogen) atoms. The molecule has 1 fully saturated rings. The van der Waals surface area contributed by atoms with Gasteiger partial charge in [-0.15, -0.1) is 0 Å². The molecule has 1 aliphatic rings. The van der Waals surface area contributed by atoms with Crippen molar-refractivity contribution in [3.8, 4) is 11.3 Å². The Labute approximate surface area is 225 Å². The van der Waals surface area contributed by atoms with Crippen molar-refractivity contribution >= 4 is 35.2 Å². The van der Waals surface area contributed by atoms with Gasteiger partial charge >= 0.3 is 11.9 Å². The van der Waals surface area contributed by atoms with Crippen LogP contribution in [0, 0.1) is 6.92 Å². The summed E-state index contributed by atoms with van der Waals surface area (Å²) in [6, 6.07) is 0.906. The van der Waals surface area contributed by atoms with Gasteiger partial charge in [0.05, 0.1) is 30.2 Å². The Morgan fingerprint density at radius 3 is 2.50 bits per heavy atom. The van der Waals surface area contributed by atoms with E-state index < -0.39 is 46.8 Å². The third-order valence-electron chi connectivity index (χ3n) is 6.26. The number of alkyl halides is 3. The molecular formula is C25H25F3N8O4. The van der Waals surface area contributed by atoms with Crippen molar-refractivity contribution in [3.05, 3.63) is 56.8 Å². The average Bonchev–Trinajstić information content (AvgIpc) is 3.68. The molecule has 3 aromatic heterocycles. The number of hydrogen-bond acceptors (Lipinski definition) is 9. The second kappa shape index (κ2) is 10.5. The first-order chi connectivity index (χ1) is 18.8. The number of carbonyl (C=O) groups is 2. The summed E-state index contributed by atoms with van der Waals surface area (Å²) in [5, 5.41) is 5.50. The second-order valence-corrected chi connectivity index (χ2v) is 9.33. The third kappa shape index (κ3) is 5.53. The molecular weight excluding hydrogens is 533 g/mol. The molecule has 0 aliphatic heterocycles. The van der Waals surface area contributed by atoms with Crippen LogP contribution in [0.25, 0.3) is 11.3 Å². The maximum Gasteiger partial charge on any atom is 0.418 e. The van der Waals surface area contributed by atoms with E-state index in [4.69, 9.17) is 0 Å². The Morgan fingerprint density at radius 1 is 1.20 bits per heavy atom. The molecule has 15 heteroatoms. The maximum atomic E-state index is 13.3. The van der Waals surface area contributed by atoms with E-state index in [-0.39, 0.29) is 34.3 Å². The van der Waals surface area contributed by atoms with Gasteiger partial charge in [0.1, 0.15) is 17.0 Å². The molecule has 0 bridgehead atoms. The summed E-state index contributed by atoms with van der Waals surface area (Å²) in [4.78, 5) is 67.0. The van der Waals surface area contributed by atoms with Crippen molar-refractivity contribution in [3.63, 3.8) is 0 Å². The predicted molar refractivity (Wildman–Crippen MR) is 140 cm³/mol. The number of aromatic nitrogens is 5. The van der Waals surface area contributed by atoms with Crippen LogP contribution in [0.3, 0.4) is 0 Å². The molecule has 1 saturated carbocycles. The molecule has 0 atom stereocenters. The fourth-order valence-corrected chi connectivity index (χ4v) is 4.04. The second-order valence-electron chi connectivity index (χ2n) is 9.33. The van der Waals surface area contributed by atoms with Gasteiger partial charge in [-0.05, 0) is 39.7 Å². The first-order valence-corrected chi connectivity index (χ1v) is 12.0. The lowest BCUT2D eigenvalue weighted by Crippen LogP contribution is -2.45. The molecule has 3 heterocycles. The number of rotatable bonds is 8. The number of aryl methyl sites for hydroxylation is 1. The molecule has 2 N–H and O–H groups in total. The van der Waals surface area contributed by atoms with Gasteiger partial charge in [0, 0.05) is 30.7 Å². The van der Waals surface area contributed by atoms with Crippen LogP contribution in [0.1, 0.15) is 37.9 Å². The van der Waals surface area contributed by atoms with Crippen molar-refractivity contribution in [1.82, 2.24) is 24.1 Å². The minimum absolute atomic E-state index is 0.0227. The Kier molecular flexibility index (Phi) is 7.41. The van der Waals surface area contributed by atoms with Crippen LogP contribution in [0.15, 0.2) is 39.2 Å². The number of halogens is 3. The zero-order valence-electron chi connectivity index (χ0n) is 22.0. The van der Waals surface area contributed by atoms with Crippen LogP contribution >= 0.6 is 0 Å². The summed E-state index contributed by atoms with van der Waals surface area (Å²) in [6.45, 7) is 3.61. The fourth-order valence-electron chi connectivity index (χ4n) is 4.04. The molecule has 4 rings (SSSR count). The van der Waals surface area contributed by atoms with Crippen LogP contribution in [-0.2, 0) is 29.4 Å². The quantitative estimate of drug-likeness (QED) is 0.400. The lowest BCUT2D eigenvalue weighted by molar-refractivity contribution is -0.138. The van der Waals surface area contributed by atoms with E-state index in [1.54, 1.807) is 6.92 Å². The van der Waals surface area contributed by atoms with Gasteiger partial charge in [-0.3, -0.25) is 33.5 Å². The topological polar surface area (TPSA) is 153 Å². The number of carbonyl (C=O) groups excluding carboxylic acids is 2. The lowest BCUT2D eigenvalue weighted by atomic mass is 10.1. The lowest BCUT2D eigenvalue weighted by Gasteiger charge is -2.21. The van der Waals surface area contributed by atoms with Crippen molar-refractivity contribution in [1.29, 1.82) is 0 Å². The first kappa shape index (κ1) is 28.3. The minimum Gasteiger partial charge on any atom is -0.364 e. The molecule has 12 nitrogen and oxygen atoms in total. The monoisotopic (exact) mass is 558 g/mol. The van der Waals surface area contributed by atoms with Crippen molar-refractivity contribution in [2.75, 3.05) is 10.6 Å². The van der Waals surface area contributed by atoms with Gasteiger partial charge in [-0.2, -0.15) is 13.2 Å². The van der Waals surface area contributed by atoms with E-state index in [1.165, 1.54) is 45.7 Å². The van der Waals surface area contributed by atoms with E-state index in [2.05, 4.69) is 30.6 Å². The standard InChI is InChI=1S/C25H25F3N8O4/c1-5-30-20-19(21(38)36(12-13(2)37)23(40)35(20)4)34-24(6-7-24)22(39)33-18-11-29-10-17(32-18)15-8-16(25(26,27)28)14(3)31-9-15/h5,8-11,34H,6-7,12H2,1-4H3,(H,32,33,39). The minimum atomic E-state index is -4.61. The number of aliphatic imine (C=N–C) groups is 1. The highest BCUT2D eigenvalue weighted by molar-refractivity contribution is 6.02. The summed E-state index contributed by atoms with van der Waals surface area (Å²) in [6.07, 6.45) is 1.08. The first-order valence-electron chi connectivity index (χ1n) is 12.0. The highest BCUT2D eigenvalue weighted by Crippen LogP contribution is 2.41. The zero-order chi connectivity index (χ0) is 29.4. The van der Waals surface area contributed by atoms with Gasteiger partial charge in [-0.1, -0.05) is 0 Å². The molecule has 0 aromatic carbocycles. The summed E-state index contributed by atoms with van der Waals surface area (Å²) in [7, 11) is 1.39. The molecule has 0 radical (unpaired) electrons. The Bertz CT molecular complexity index is 1660. The van der Waals surface area contributed by atoms with E-state index in [0.29, 0.717) is 12.8 Å². The van der Waals surface area contributed by atoms with E-state index in [1.807, 2.05) is 0 Å². The Morgan fingerprint density at radius 2 is 1.90 bits per heavy atom. The van der Waals surface area contributed by atoms with Crippen molar-refractivity contribution in [2.45, 2.75) is 51.9 Å². The molecule has 1 amide bonds. The van der Waals surface area contributed by atoms with Gasteiger partial charge < -0.3 is 10.6 Å². The largest absolute Gasteiger partial charge is 0.418 e. The molecule has 0 spiro atoms. The summed E-state index contributed by atoms with van der Waals surface area (Å²) in [5.74, 6) is -1.06. The maximum absolute atomic E-state index is 13.3. The number of amides is 1.